The summed E-state index contributed by atoms with van der Waals surface area (Å²) in [5.41, 5.74) is 0.235. The Morgan fingerprint density at radius 3 is 2.75 bits per heavy atom. The first-order valence-corrected chi connectivity index (χ1v) is 3.14. The third kappa shape index (κ3) is 1.41. The zero-order chi connectivity index (χ0) is 8.97. The van der Waals surface area contributed by atoms with Crippen LogP contribution < -0.4 is 0 Å². The first-order chi connectivity index (χ1) is 5.79. The molecule has 1 N–H and O–H groups in total. The minimum atomic E-state index is -0.924. The molecule has 0 atom stereocenters. The van der Waals surface area contributed by atoms with Gasteiger partial charge in [0.15, 0.2) is 0 Å². The summed E-state index contributed by atoms with van der Waals surface area (Å²) in [5.74, 6) is -0.924. The number of benzene rings is 1. The number of nitrogens with zero attached hydrogens (tertiary/aromatic N) is 1. The number of hydrogen-bond acceptors (Lipinski definition) is 4. The average Bonchev–Trinajstić information content (AvgIpc) is 2.16. The van der Waals surface area contributed by atoms with Crippen LogP contribution in [0.5, 0.6) is 0 Å². The molecule has 1 rings (SSSR count). The fourth-order valence-electron chi connectivity index (χ4n) is 0.808. The third-order valence-electron chi connectivity index (χ3n) is 1.35. The van der Waals surface area contributed by atoms with Crippen molar-refractivity contribution in [2.45, 2.75) is 0 Å². The van der Waals surface area contributed by atoms with Gasteiger partial charge in [0.25, 0.3) is 0 Å². The quantitative estimate of drug-likeness (QED) is 0.498. The molecular weight excluding hydrogens is 158 g/mol. The van der Waals surface area contributed by atoms with E-state index < -0.39 is 5.97 Å². The summed E-state index contributed by atoms with van der Waals surface area (Å²) in [4.78, 5) is 14.3. The molecule has 0 aliphatic carbocycles. The molecular formula is C8H5NO3. The Morgan fingerprint density at radius 2 is 2.17 bits per heavy atom. The molecule has 0 unspecified atom stereocenters. The smallest absolute Gasteiger partial charge is 0.295 e. The summed E-state index contributed by atoms with van der Waals surface area (Å²) in [7, 11) is 0. The van der Waals surface area contributed by atoms with Crippen LogP contribution in [0.25, 0.3) is 0 Å². The number of carbonyl (C=O) groups excluding carboxylic acids is 1. The van der Waals surface area contributed by atoms with E-state index in [1.54, 1.807) is 18.2 Å². The van der Waals surface area contributed by atoms with Crippen LogP contribution in [0.3, 0.4) is 0 Å². The Balaban J connectivity index is 3.16. The van der Waals surface area contributed by atoms with Gasteiger partial charge in [-0.15, -0.1) is 0 Å². The van der Waals surface area contributed by atoms with Crippen LogP contribution in [0.15, 0.2) is 24.3 Å². The Kier molecular flexibility index (Phi) is 2.41. The normalized spacial score (nSPS) is 8.67. The summed E-state index contributed by atoms with van der Waals surface area (Å²) < 4.78 is 0. The van der Waals surface area contributed by atoms with Crippen molar-refractivity contribution < 1.29 is 14.9 Å². The van der Waals surface area contributed by atoms with Crippen molar-refractivity contribution in [1.82, 2.24) is 0 Å². The van der Waals surface area contributed by atoms with Crippen molar-refractivity contribution >= 4 is 5.97 Å². The predicted octanol–water partition coefficient (Wildman–Crippen LogP) is 1.19. The summed E-state index contributed by atoms with van der Waals surface area (Å²) in [6.07, 6.45) is 0. The van der Waals surface area contributed by atoms with E-state index in [1.807, 2.05) is 0 Å². The fraction of sp³-hybridized carbons (Fsp3) is 0. The van der Waals surface area contributed by atoms with E-state index in [0.717, 1.165) is 0 Å². The van der Waals surface area contributed by atoms with Gasteiger partial charge in [-0.05, 0) is 12.1 Å². The molecule has 0 fully saturated rings. The Hall–Kier alpha value is -1.86. The number of hydrogen-bond donors (Lipinski definition) is 1. The third-order valence-corrected chi connectivity index (χ3v) is 1.35. The lowest BCUT2D eigenvalue weighted by Gasteiger charge is -1.97. The molecule has 0 aromatic heterocycles. The summed E-state index contributed by atoms with van der Waals surface area (Å²) >= 11 is 0. The van der Waals surface area contributed by atoms with Gasteiger partial charge in [0.2, 0.25) is 0 Å². The second kappa shape index (κ2) is 3.51. The van der Waals surface area contributed by atoms with Gasteiger partial charge in [0.1, 0.15) is 6.07 Å². The van der Waals surface area contributed by atoms with Gasteiger partial charge in [-0.25, -0.2) is 4.79 Å². The highest BCUT2D eigenvalue weighted by molar-refractivity contribution is 5.91. The molecule has 0 bridgehead atoms. The molecule has 0 radical (unpaired) electrons. The minimum absolute atomic E-state index is 0.0579. The Bertz CT molecular complexity index is 340. The highest BCUT2D eigenvalue weighted by Gasteiger charge is 2.10. The van der Waals surface area contributed by atoms with Gasteiger partial charge in [-0.1, -0.05) is 12.1 Å². The molecule has 0 saturated heterocycles. The standard InChI is InChI=1S/C8H5NO3/c9-5-6-3-1-2-4-7(6)8(10)12-11/h1-4,11H. The maximum atomic E-state index is 10.8. The maximum Gasteiger partial charge on any atom is 0.374 e. The minimum Gasteiger partial charge on any atom is -0.295 e. The second-order valence-electron chi connectivity index (χ2n) is 2.04. The molecule has 0 aliphatic rings. The van der Waals surface area contributed by atoms with E-state index >= 15 is 0 Å². The highest BCUT2D eigenvalue weighted by Crippen LogP contribution is 2.07. The van der Waals surface area contributed by atoms with Crippen LogP contribution in [0.2, 0.25) is 0 Å². The number of carbonyl (C=O) groups is 1. The summed E-state index contributed by atoms with van der Waals surface area (Å²) in [6, 6.07) is 7.86. The molecule has 60 valence electrons. The first-order valence-electron chi connectivity index (χ1n) is 3.14. The Labute approximate surface area is 68.6 Å². The summed E-state index contributed by atoms with van der Waals surface area (Å²) in [5, 5.41) is 16.6. The molecule has 0 saturated carbocycles. The zero-order valence-corrected chi connectivity index (χ0v) is 6.02. The average molecular weight is 163 g/mol. The zero-order valence-electron chi connectivity index (χ0n) is 6.02. The monoisotopic (exact) mass is 163 g/mol. The van der Waals surface area contributed by atoms with E-state index in [0.29, 0.717) is 0 Å². The fourth-order valence-corrected chi connectivity index (χ4v) is 0.808. The molecule has 12 heavy (non-hydrogen) atoms. The number of nitriles is 1. The highest BCUT2D eigenvalue weighted by atomic mass is 17.1. The van der Waals surface area contributed by atoms with Crippen molar-refractivity contribution in [3.05, 3.63) is 35.4 Å². The van der Waals surface area contributed by atoms with Crippen LogP contribution in [-0.4, -0.2) is 11.2 Å². The van der Waals surface area contributed by atoms with Crippen LogP contribution in [0.1, 0.15) is 15.9 Å². The molecule has 1 aromatic rings. The van der Waals surface area contributed by atoms with Gasteiger partial charge >= 0.3 is 5.97 Å². The predicted molar refractivity (Wildman–Crippen MR) is 39.2 cm³/mol. The molecule has 0 amide bonds. The van der Waals surface area contributed by atoms with Crippen molar-refractivity contribution in [2.75, 3.05) is 0 Å². The molecule has 0 spiro atoms. The molecule has 4 heteroatoms. The van der Waals surface area contributed by atoms with Crippen LogP contribution in [-0.2, 0) is 4.89 Å². The Morgan fingerprint density at radius 1 is 1.50 bits per heavy atom. The van der Waals surface area contributed by atoms with Gasteiger partial charge in [0.05, 0.1) is 11.1 Å². The lowest BCUT2D eigenvalue weighted by Crippen LogP contribution is -2.03. The largest absolute Gasteiger partial charge is 0.374 e. The van der Waals surface area contributed by atoms with Crippen molar-refractivity contribution in [2.24, 2.45) is 0 Å². The van der Waals surface area contributed by atoms with Crippen LogP contribution in [0.4, 0.5) is 0 Å². The SMILES string of the molecule is N#Cc1ccccc1C(=O)OO. The maximum absolute atomic E-state index is 10.8. The molecule has 0 aliphatic heterocycles. The van der Waals surface area contributed by atoms with Crippen LogP contribution in [0, 0.1) is 11.3 Å². The van der Waals surface area contributed by atoms with Crippen LogP contribution >= 0.6 is 0 Å². The van der Waals surface area contributed by atoms with E-state index in [1.165, 1.54) is 12.1 Å². The molecule has 1 aromatic carbocycles. The van der Waals surface area contributed by atoms with Crippen molar-refractivity contribution in [3.8, 4) is 6.07 Å². The van der Waals surface area contributed by atoms with Gasteiger partial charge in [0, 0.05) is 0 Å². The molecule has 0 heterocycles. The van der Waals surface area contributed by atoms with Gasteiger partial charge in [-0.3, -0.25) is 4.89 Å². The summed E-state index contributed by atoms with van der Waals surface area (Å²) in [6.45, 7) is 0. The topological polar surface area (TPSA) is 70.3 Å². The van der Waals surface area contributed by atoms with Gasteiger partial charge < -0.3 is 0 Å². The van der Waals surface area contributed by atoms with E-state index in [-0.39, 0.29) is 11.1 Å². The van der Waals surface area contributed by atoms with Crippen molar-refractivity contribution in [3.63, 3.8) is 0 Å². The van der Waals surface area contributed by atoms with Crippen molar-refractivity contribution in [1.29, 1.82) is 5.26 Å². The number of rotatable bonds is 1. The van der Waals surface area contributed by atoms with E-state index in [2.05, 4.69) is 4.89 Å². The van der Waals surface area contributed by atoms with E-state index in [4.69, 9.17) is 10.5 Å². The lowest BCUT2D eigenvalue weighted by molar-refractivity contribution is -0.182. The lowest BCUT2D eigenvalue weighted by atomic mass is 10.1. The first kappa shape index (κ1) is 8.24. The second-order valence-corrected chi connectivity index (χ2v) is 2.04. The van der Waals surface area contributed by atoms with Gasteiger partial charge in [-0.2, -0.15) is 10.5 Å². The van der Waals surface area contributed by atoms with E-state index in [9.17, 15) is 4.79 Å². The molecule has 4 nitrogen and oxygen atoms in total.